The first-order valence-corrected chi connectivity index (χ1v) is 16.8. The van der Waals surface area contributed by atoms with Gasteiger partial charge >= 0.3 is 47.8 Å². The van der Waals surface area contributed by atoms with Crippen molar-refractivity contribution in [1.29, 1.82) is 0 Å². The second kappa shape index (κ2) is 20.0. The van der Waals surface area contributed by atoms with Gasteiger partial charge < -0.3 is 52.5 Å². The number of aliphatic carboxylic acids is 1. The van der Waals surface area contributed by atoms with Gasteiger partial charge in [0.05, 0.1) is 24.9 Å². The van der Waals surface area contributed by atoms with Crippen LogP contribution in [0.2, 0.25) is 0 Å². The van der Waals surface area contributed by atoms with Gasteiger partial charge in [0, 0.05) is 59.5 Å². The zero-order valence-electron chi connectivity index (χ0n) is 31.1. The highest BCUT2D eigenvalue weighted by atomic mass is 16.8. The molecule has 1 saturated heterocycles. The number of carboxylic acid groups (broad SMARTS) is 1. The number of carbonyl (C=O) groups excluding carboxylic acids is 7. The van der Waals surface area contributed by atoms with Crippen molar-refractivity contribution in [2.75, 3.05) is 13.2 Å². The number of carboxylic acids is 1. The van der Waals surface area contributed by atoms with Crippen molar-refractivity contribution < 1.29 is 90.8 Å². The van der Waals surface area contributed by atoms with Crippen LogP contribution in [0.4, 0.5) is 0 Å². The lowest BCUT2D eigenvalue weighted by atomic mass is 9.86. The molecule has 0 radical (unpaired) electrons. The molecule has 3 rings (SSSR count). The Kier molecular flexibility index (Phi) is 15.9. The number of benzene rings is 1. The minimum absolute atomic E-state index is 0.00966. The Morgan fingerprint density at radius 2 is 1.35 bits per heavy atom. The molecule has 55 heavy (non-hydrogen) atoms. The molecule has 0 bridgehead atoms. The summed E-state index contributed by atoms with van der Waals surface area (Å²) in [7, 11) is 0. The van der Waals surface area contributed by atoms with Gasteiger partial charge in [0.1, 0.15) is 12.7 Å². The van der Waals surface area contributed by atoms with Crippen LogP contribution in [-0.4, -0.2) is 103 Å². The third-order valence-corrected chi connectivity index (χ3v) is 7.69. The van der Waals surface area contributed by atoms with E-state index in [2.05, 4.69) is 0 Å². The van der Waals surface area contributed by atoms with E-state index in [0.717, 1.165) is 34.0 Å². The standard InChI is InChI=1S/C36H42O19/c1-8-24-25(14-30(43)46-12-11-23-9-10-27(49-18(3)38)28(13-23)50-19(4)39)26(34(44)45)15-48-35(24)55-36-33(53-22(7)42)32(52-21(6)41)31(51-20(5)40)29(54-36)16-47-17(2)37/h8-10,13,15,25,29,31-33,35-36H,11-12,14,16H2,1-7H3,(H,44,45)/b24-8+/t25-,29-,31-,32+,33-,35+,36+/m0/s1. The minimum atomic E-state index is -1.68. The molecule has 19 nitrogen and oxygen atoms in total. The first-order chi connectivity index (χ1) is 25.9. The predicted molar refractivity (Wildman–Crippen MR) is 179 cm³/mol. The quantitative estimate of drug-likeness (QED) is 0.116. The minimum Gasteiger partial charge on any atom is -0.478 e. The van der Waals surface area contributed by atoms with Gasteiger partial charge in [-0.25, -0.2) is 4.79 Å². The van der Waals surface area contributed by atoms with Crippen LogP contribution < -0.4 is 9.47 Å². The van der Waals surface area contributed by atoms with Gasteiger partial charge in [0.2, 0.25) is 12.6 Å². The van der Waals surface area contributed by atoms with E-state index in [9.17, 15) is 43.5 Å². The highest BCUT2D eigenvalue weighted by molar-refractivity contribution is 5.89. The SMILES string of the molecule is C/C=C1/[C@@H](O[C@H]2O[C@@H](COC(C)=O)[C@H](OC(C)=O)[C@@H](OC(C)=O)[C@@H]2OC(C)=O)OC=C(C(=O)O)[C@H]1CC(=O)OCCc1ccc(OC(C)=O)c(OC(C)=O)c1. The maximum atomic E-state index is 13.1. The van der Waals surface area contributed by atoms with Gasteiger partial charge in [-0.3, -0.25) is 33.6 Å². The molecule has 7 atom stereocenters. The van der Waals surface area contributed by atoms with Crippen molar-refractivity contribution in [2.45, 2.75) is 98.3 Å². The zero-order valence-corrected chi connectivity index (χ0v) is 31.1. The van der Waals surface area contributed by atoms with Crippen molar-refractivity contribution in [2.24, 2.45) is 5.92 Å². The van der Waals surface area contributed by atoms with Gasteiger partial charge in [-0.2, -0.15) is 0 Å². The molecular formula is C36H42O19. The van der Waals surface area contributed by atoms with Gasteiger partial charge in [0.25, 0.3) is 0 Å². The van der Waals surface area contributed by atoms with Crippen LogP contribution in [0.5, 0.6) is 11.5 Å². The van der Waals surface area contributed by atoms with E-state index in [4.69, 9.17) is 47.4 Å². The number of hydrogen-bond acceptors (Lipinski definition) is 18. The van der Waals surface area contributed by atoms with Crippen molar-refractivity contribution >= 4 is 47.8 Å². The first kappa shape index (κ1) is 43.6. The number of hydrogen-bond donors (Lipinski definition) is 1. The van der Waals surface area contributed by atoms with Gasteiger partial charge in [0.15, 0.2) is 29.8 Å². The summed E-state index contributed by atoms with van der Waals surface area (Å²) < 4.78 is 54.6. The van der Waals surface area contributed by atoms with E-state index in [0.29, 0.717) is 5.56 Å². The largest absolute Gasteiger partial charge is 0.478 e. The van der Waals surface area contributed by atoms with Crippen molar-refractivity contribution in [3.8, 4) is 11.5 Å². The van der Waals surface area contributed by atoms with Gasteiger partial charge in [-0.05, 0) is 24.6 Å². The highest BCUT2D eigenvalue weighted by Gasteiger charge is 2.54. The molecule has 0 saturated carbocycles. The Labute approximate surface area is 314 Å². The predicted octanol–water partition coefficient (Wildman–Crippen LogP) is 2.00. The molecule has 0 aromatic heterocycles. The molecule has 0 aliphatic carbocycles. The van der Waals surface area contributed by atoms with Crippen molar-refractivity contribution in [1.82, 2.24) is 0 Å². The van der Waals surface area contributed by atoms with Gasteiger partial charge in [-0.15, -0.1) is 0 Å². The third-order valence-electron chi connectivity index (χ3n) is 7.69. The average Bonchev–Trinajstić information content (AvgIpc) is 3.06. The molecule has 1 aromatic rings. The van der Waals surface area contributed by atoms with Crippen LogP contribution in [0, 0.1) is 5.92 Å². The summed E-state index contributed by atoms with van der Waals surface area (Å²) in [5.74, 6) is -8.05. The van der Waals surface area contributed by atoms with E-state index in [-0.39, 0.29) is 35.7 Å². The van der Waals surface area contributed by atoms with E-state index < -0.39 is 104 Å². The molecule has 0 spiro atoms. The topological polar surface area (TPSA) is 249 Å². The third kappa shape index (κ3) is 12.9. The lowest BCUT2D eigenvalue weighted by Gasteiger charge is -2.45. The van der Waals surface area contributed by atoms with Crippen LogP contribution in [0.3, 0.4) is 0 Å². The van der Waals surface area contributed by atoms with Crippen LogP contribution >= 0.6 is 0 Å². The van der Waals surface area contributed by atoms with Crippen LogP contribution in [0.25, 0.3) is 0 Å². The zero-order chi connectivity index (χ0) is 41.0. The molecule has 1 N–H and O–H groups in total. The fraction of sp³-hybridized carbons (Fsp3) is 0.500. The van der Waals surface area contributed by atoms with Crippen LogP contribution in [0.1, 0.15) is 60.5 Å². The molecule has 2 aliphatic rings. The number of esters is 7. The van der Waals surface area contributed by atoms with Crippen LogP contribution in [-0.2, 0) is 82.7 Å². The summed E-state index contributed by atoms with van der Waals surface area (Å²) in [4.78, 5) is 96.6. The van der Waals surface area contributed by atoms with E-state index in [1.165, 1.54) is 39.0 Å². The van der Waals surface area contributed by atoms with E-state index in [1.54, 1.807) is 6.07 Å². The fourth-order valence-corrected chi connectivity index (χ4v) is 5.62. The molecule has 1 aromatic carbocycles. The Balaban J connectivity index is 1.86. The number of allylic oxidation sites excluding steroid dienone is 1. The molecule has 300 valence electrons. The number of carbonyl (C=O) groups is 8. The summed E-state index contributed by atoms with van der Waals surface area (Å²) in [6.45, 7) is 7.42. The Morgan fingerprint density at radius 3 is 1.91 bits per heavy atom. The molecule has 19 heteroatoms. The Morgan fingerprint density at radius 1 is 0.745 bits per heavy atom. The number of ether oxygens (including phenoxy) is 10. The highest BCUT2D eigenvalue weighted by Crippen LogP contribution is 2.37. The molecular weight excluding hydrogens is 736 g/mol. The average molecular weight is 779 g/mol. The lowest BCUT2D eigenvalue weighted by Crippen LogP contribution is -2.63. The molecule has 1 fully saturated rings. The van der Waals surface area contributed by atoms with E-state index in [1.807, 2.05) is 0 Å². The molecule has 2 heterocycles. The molecule has 2 aliphatic heterocycles. The summed E-state index contributed by atoms with van der Waals surface area (Å²) >= 11 is 0. The fourth-order valence-electron chi connectivity index (χ4n) is 5.62. The summed E-state index contributed by atoms with van der Waals surface area (Å²) in [6, 6.07) is 4.41. The summed E-state index contributed by atoms with van der Waals surface area (Å²) in [5.41, 5.74) is 0.319. The molecule has 0 amide bonds. The van der Waals surface area contributed by atoms with Crippen molar-refractivity contribution in [3.63, 3.8) is 0 Å². The maximum absolute atomic E-state index is 13.1. The Bertz CT molecular complexity index is 1710. The normalized spacial score (nSPS) is 23.9. The monoisotopic (exact) mass is 778 g/mol. The van der Waals surface area contributed by atoms with Crippen LogP contribution in [0.15, 0.2) is 41.7 Å². The van der Waals surface area contributed by atoms with Gasteiger partial charge in [-0.1, -0.05) is 12.1 Å². The number of rotatable bonds is 15. The first-order valence-electron chi connectivity index (χ1n) is 16.8. The second-order valence-corrected chi connectivity index (χ2v) is 12.0. The Hall–Kier alpha value is -5.82. The van der Waals surface area contributed by atoms with Crippen molar-refractivity contribution in [3.05, 3.63) is 47.2 Å². The second-order valence-electron chi connectivity index (χ2n) is 12.0. The maximum Gasteiger partial charge on any atom is 0.335 e. The smallest absolute Gasteiger partial charge is 0.335 e. The van der Waals surface area contributed by atoms with E-state index >= 15 is 0 Å². The summed E-state index contributed by atoms with van der Waals surface area (Å²) in [5, 5.41) is 9.98. The molecule has 0 unspecified atom stereocenters. The lowest BCUT2D eigenvalue weighted by molar-refractivity contribution is -0.331. The summed E-state index contributed by atoms with van der Waals surface area (Å²) in [6.07, 6.45) is -7.23.